The van der Waals surface area contributed by atoms with Crippen molar-refractivity contribution in [1.82, 2.24) is 15.3 Å². The highest BCUT2D eigenvalue weighted by Crippen LogP contribution is 2.36. The summed E-state index contributed by atoms with van der Waals surface area (Å²) in [6.07, 6.45) is 0.598. The molecule has 0 aliphatic rings. The van der Waals surface area contributed by atoms with Crippen molar-refractivity contribution in [2.24, 2.45) is 5.92 Å². The smallest absolute Gasteiger partial charge is 0.340 e. The quantitative estimate of drug-likeness (QED) is 0.374. The van der Waals surface area contributed by atoms with Crippen LogP contribution in [0.15, 0.2) is 45.6 Å². The number of carbonyl (C=O) groups is 1. The Balaban J connectivity index is 1.64. The number of imidazole rings is 1. The highest BCUT2D eigenvalue weighted by molar-refractivity contribution is 5.90. The number of hydrogen-bond donors (Lipinski definition) is 2. The fraction of sp³-hybridized carbons (Fsp3) is 0.346. The van der Waals surface area contributed by atoms with E-state index in [1.54, 1.807) is 19.1 Å². The van der Waals surface area contributed by atoms with Gasteiger partial charge < -0.3 is 24.2 Å². The summed E-state index contributed by atoms with van der Waals surface area (Å²) in [5.41, 5.74) is 2.47. The van der Waals surface area contributed by atoms with Gasteiger partial charge >= 0.3 is 5.63 Å². The molecule has 178 valence electrons. The standard InChI is InChI=1S/C26H29N3O5/c1-14(2)12-20(25-28-18-8-6-7-9-19(18)29-25)27-22(30)13-17-15(3)16-10-11-21(32-4)24(33-5)23(16)34-26(17)31/h6-11,14,20H,12-13H2,1-5H3,(H,27,30)(H,28,29). The molecule has 8 heteroatoms. The third-order valence-corrected chi connectivity index (χ3v) is 5.92. The van der Waals surface area contributed by atoms with Crippen LogP contribution in [0.4, 0.5) is 0 Å². The molecule has 34 heavy (non-hydrogen) atoms. The van der Waals surface area contributed by atoms with Crippen molar-refractivity contribution in [1.29, 1.82) is 0 Å². The number of nitrogens with zero attached hydrogens (tertiary/aromatic N) is 1. The maximum absolute atomic E-state index is 13.1. The number of aromatic nitrogens is 2. The van der Waals surface area contributed by atoms with Crippen LogP contribution in [0.3, 0.4) is 0 Å². The lowest BCUT2D eigenvalue weighted by atomic mass is 10.0. The normalized spacial score (nSPS) is 12.3. The van der Waals surface area contributed by atoms with Crippen LogP contribution >= 0.6 is 0 Å². The number of hydrogen-bond acceptors (Lipinski definition) is 6. The van der Waals surface area contributed by atoms with Crippen molar-refractivity contribution in [3.05, 3.63) is 63.8 Å². The largest absolute Gasteiger partial charge is 0.493 e. The second-order valence-electron chi connectivity index (χ2n) is 8.74. The second-order valence-corrected chi connectivity index (χ2v) is 8.74. The van der Waals surface area contributed by atoms with E-state index in [1.807, 2.05) is 24.3 Å². The number of ether oxygens (including phenoxy) is 2. The summed E-state index contributed by atoms with van der Waals surface area (Å²) in [7, 11) is 3.00. The van der Waals surface area contributed by atoms with Gasteiger partial charge in [0.15, 0.2) is 11.3 Å². The van der Waals surface area contributed by atoms with E-state index in [0.717, 1.165) is 11.0 Å². The zero-order chi connectivity index (χ0) is 24.4. The van der Waals surface area contributed by atoms with Crippen molar-refractivity contribution in [3.8, 4) is 11.5 Å². The van der Waals surface area contributed by atoms with E-state index in [4.69, 9.17) is 13.9 Å². The topological polar surface area (TPSA) is 106 Å². The van der Waals surface area contributed by atoms with Gasteiger partial charge in [0.2, 0.25) is 11.7 Å². The molecule has 0 fully saturated rings. The van der Waals surface area contributed by atoms with Gasteiger partial charge in [-0.3, -0.25) is 4.79 Å². The minimum atomic E-state index is -0.573. The second kappa shape index (κ2) is 9.59. The minimum Gasteiger partial charge on any atom is -0.493 e. The first-order valence-electron chi connectivity index (χ1n) is 11.2. The number of para-hydroxylation sites is 2. The predicted octanol–water partition coefficient (Wildman–Crippen LogP) is 4.44. The van der Waals surface area contributed by atoms with Gasteiger partial charge in [-0.05, 0) is 49.1 Å². The lowest BCUT2D eigenvalue weighted by Crippen LogP contribution is -2.33. The van der Waals surface area contributed by atoms with Gasteiger partial charge in [-0.1, -0.05) is 26.0 Å². The summed E-state index contributed by atoms with van der Waals surface area (Å²) < 4.78 is 16.3. The summed E-state index contributed by atoms with van der Waals surface area (Å²) in [5, 5.41) is 3.75. The van der Waals surface area contributed by atoms with Crippen molar-refractivity contribution in [3.63, 3.8) is 0 Å². The summed E-state index contributed by atoms with van der Waals surface area (Å²) in [4.78, 5) is 33.9. The summed E-state index contributed by atoms with van der Waals surface area (Å²) in [5.74, 6) is 1.56. The van der Waals surface area contributed by atoms with E-state index < -0.39 is 5.63 Å². The molecule has 0 saturated heterocycles. The molecule has 2 N–H and O–H groups in total. The lowest BCUT2D eigenvalue weighted by Gasteiger charge is -2.19. The number of aryl methyl sites for hydroxylation is 1. The molecule has 2 aromatic carbocycles. The number of nitrogens with one attached hydrogen (secondary N) is 2. The van der Waals surface area contributed by atoms with Crippen LogP contribution in [0.1, 0.15) is 43.3 Å². The average molecular weight is 464 g/mol. The molecular formula is C26H29N3O5. The first-order valence-corrected chi connectivity index (χ1v) is 11.2. The molecule has 0 aliphatic heterocycles. The fourth-order valence-electron chi connectivity index (χ4n) is 4.22. The van der Waals surface area contributed by atoms with Crippen LogP contribution in [0, 0.1) is 12.8 Å². The van der Waals surface area contributed by atoms with Crippen LogP contribution in [-0.4, -0.2) is 30.1 Å². The molecule has 8 nitrogen and oxygen atoms in total. The van der Waals surface area contributed by atoms with Gasteiger partial charge in [0, 0.05) is 5.39 Å². The molecule has 0 spiro atoms. The number of benzene rings is 2. The summed E-state index contributed by atoms with van der Waals surface area (Å²) in [6.45, 7) is 5.98. The Kier molecular flexibility index (Phi) is 6.58. The van der Waals surface area contributed by atoms with Crippen LogP contribution in [-0.2, 0) is 11.2 Å². The Hall–Kier alpha value is -3.81. The van der Waals surface area contributed by atoms with Crippen molar-refractivity contribution >= 4 is 27.9 Å². The summed E-state index contributed by atoms with van der Waals surface area (Å²) in [6, 6.07) is 11.0. The zero-order valence-electron chi connectivity index (χ0n) is 20.0. The van der Waals surface area contributed by atoms with E-state index in [9.17, 15) is 9.59 Å². The molecule has 4 aromatic rings. The van der Waals surface area contributed by atoms with Crippen molar-refractivity contribution in [2.45, 2.75) is 39.7 Å². The van der Waals surface area contributed by atoms with Gasteiger partial charge in [0.1, 0.15) is 5.82 Å². The molecule has 4 rings (SSSR count). The van der Waals surface area contributed by atoms with E-state index >= 15 is 0 Å². The van der Waals surface area contributed by atoms with Crippen LogP contribution in [0.25, 0.3) is 22.0 Å². The van der Waals surface area contributed by atoms with Crippen LogP contribution < -0.4 is 20.4 Å². The number of carbonyl (C=O) groups excluding carboxylic acids is 1. The highest BCUT2D eigenvalue weighted by Gasteiger charge is 2.23. The maximum Gasteiger partial charge on any atom is 0.340 e. The number of H-pyrrole nitrogens is 1. The van der Waals surface area contributed by atoms with Crippen LogP contribution in [0.2, 0.25) is 0 Å². The molecule has 1 amide bonds. The molecule has 0 bridgehead atoms. The monoisotopic (exact) mass is 463 g/mol. The Labute approximate surface area is 197 Å². The Morgan fingerprint density at radius 3 is 2.59 bits per heavy atom. The number of aromatic amines is 1. The third-order valence-electron chi connectivity index (χ3n) is 5.92. The third kappa shape index (κ3) is 4.48. The first-order chi connectivity index (χ1) is 16.3. The fourth-order valence-corrected chi connectivity index (χ4v) is 4.22. The molecule has 0 saturated carbocycles. The molecule has 1 atom stereocenters. The first kappa shape index (κ1) is 23.4. The molecular weight excluding hydrogens is 434 g/mol. The van der Waals surface area contributed by atoms with Crippen LogP contribution in [0.5, 0.6) is 11.5 Å². The van der Waals surface area contributed by atoms with Gasteiger partial charge in [-0.2, -0.15) is 0 Å². The maximum atomic E-state index is 13.1. The van der Waals surface area contributed by atoms with Crippen molar-refractivity contribution in [2.75, 3.05) is 14.2 Å². The van der Waals surface area contributed by atoms with E-state index in [-0.39, 0.29) is 18.4 Å². The van der Waals surface area contributed by atoms with Gasteiger partial charge in [-0.25, -0.2) is 9.78 Å². The Morgan fingerprint density at radius 1 is 1.15 bits per heavy atom. The molecule has 2 heterocycles. The lowest BCUT2D eigenvalue weighted by molar-refractivity contribution is -0.121. The van der Waals surface area contributed by atoms with Gasteiger partial charge in [0.05, 0.1) is 43.3 Å². The summed E-state index contributed by atoms with van der Waals surface area (Å²) >= 11 is 0. The molecule has 1 unspecified atom stereocenters. The number of fused-ring (bicyclic) bond motifs is 2. The Morgan fingerprint density at radius 2 is 1.91 bits per heavy atom. The predicted molar refractivity (Wildman–Crippen MR) is 130 cm³/mol. The molecule has 2 aromatic heterocycles. The van der Waals surface area contributed by atoms with E-state index in [1.165, 1.54) is 14.2 Å². The van der Waals surface area contributed by atoms with Gasteiger partial charge in [-0.15, -0.1) is 0 Å². The Bertz CT molecular complexity index is 1370. The zero-order valence-corrected chi connectivity index (χ0v) is 20.0. The van der Waals surface area contributed by atoms with E-state index in [0.29, 0.717) is 51.8 Å². The molecule has 0 radical (unpaired) electrons. The number of methoxy groups -OCH3 is 2. The van der Waals surface area contributed by atoms with Crippen molar-refractivity contribution < 1.29 is 18.7 Å². The minimum absolute atomic E-state index is 0.104. The highest BCUT2D eigenvalue weighted by atomic mass is 16.5. The molecule has 0 aliphatic carbocycles. The number of rotatable bonds is 8. The average Bonchev–Trinajstić information content (AvgIpc) is 3.24. The SMILES string of the molecule is COc1ccc2c(C)c(CC(=O)NC(CC(C)C)c3nc4ccccc4[nH]3)c(=O)oc2c1OC. The van der Waals surface area contributed by atoms with E-state index in [2.05, 4.69) is 29.1 Å². The van der Waals surface area contributed by atoms with Gasteiger partial charge in [0.25, 0.3) is 0 Å². The number of amides is 1.